The van der Waals surface area contributed by atoms with Gasteiger partial charge < -0.3 is 9.47 Å². The molecule has 2 saturated heterocycles. The SMILES string of the molecule is Cc1nc2c(-c3ccc(Cl)cc3F)nc([C@H]3CCO[C@@H](C4CCOC4)C3)cn2c(=O)c1C. The van der Waals surface area contributed by atoms with Gasteiger partial charge in [-0.3, -0.25) is 9.20 Å². The van der Waals surface area contributed by atoms with E-state index in [1.165, 1.54) is 10.5 Å². The van der Waals surface area contributed by atoms with E-state index in [4.69, 9.17) is 26.1 Å². The summed E-state index contributed by atoms with van der Waals surface area (Å²) in [7, 11) is 0. The summed E-state index contributed by atoms with van der Waals surface area (Å²) in [5, 5.41) is 0.301. The Balaban J connectivity index is 1.66. The van der Waals surface area contributed by atoms with Gasteiger partial charge in [-0.1, -0.05) is 11.6 Å². The topological polar surface area (TPSA) is 65.7 Å². The number of rotatable bonds is 3. The zero-order valence-corrected chi connectivity index (χ0v) is 18.9. The highest BCUT2D eigenvalue weighted by Gasteiger charge is 2.33. The summed E-state index contributed by atoms with van der Waals surface area (Å²) in [5.41, 5.74) is 2.72. The van der Waals surface area contributed by atoms with Gasteiger partial charge in [-0.2, -0.15) is 0 Å². The van der Waals surface area contributed by atoms with Crippen LogP contribution >= 0.6 is 11.6 Å². The maximum Gasteiger partial charge on any atom is 0.261 e. The lowest BCUT2D eigenvalue weighted by Gasteiger charge is -2.32. The van der Waals surface area contributed by atoms with E-state index in [0.29, 0.717) is 46.8 Å². The van der Waals surface area contributed by atoms with Gasteiger partial charge in [0.15, 0.2) is 5.65 Å². The van der Waals surface area contributed by atoms with Crippen LogP contribution in [0.15, 0.2) is 29.2 Å². The first-order chi connectivity index (χ1) is 15.4. The number of fused-ring (bicyclic) bond motifs is 1. The van der Waals surface area contributed by atoms with Crippen LogP contribution in [-0.2, 0) is 9.47 Å². The quantitative estimate of drug-likeness (QED) is 0.580. The minimum atomic E-state index is -0.496. The second kappa shape index (κ2) is 8.54. The van der Waals surface area contributed by atoms with Gasteiger partial charge in [-0.25, -0.2) is 14.4 Å². The van der Waals surface area contributed by atoms with E-state index in [1.807, 2.05) is 0 Å². The van der Waals surface area contributed by atoms with Gasteiger partial charge in [-0.15, -0.1) is 0 Å². The smallest absolute Gasteiger partial charge is 0.261 e. The zero-order valence-electron chi connectivity index (χ0n) is 18.1. The summed E-state index contributed by atoms with van der Waals surface area (Å²) in [4.78, 5) is 22.6. The van der Waals surface area contributed by atoms with Crippen LogP contribution in [0.1, 0.15) is 42.1 Å². The van der Waals surface area contributed by atoms with Crippen molar-refractivity contribution in [2.75, 3.05) is 19.8 Å². The molecule has 1 unspecified atom stereocenters. The van der Waals surface area contributed by atoms with E-state index in [2.05, 4.69) is 4.98 Å². The molecule has 0 amide bonds. The molecule has 8 heteroatoms. The second-order valence-corrected chi connectivity index (χ2v) is 9.15. The van der Waals surface area contributed by atoms with E-state index in [9.17, 15) is 9.18 Å². The van der Waals surface area contributed by atoms with Gasteiger partial charge in [0.05, 0.1) is 18.4 Å². The van der Waals surface area contributed by atoms with Gasteiger partial charge in [0.25, 0.3) is 5.56 Å². The maximum absolute atomic E-state index is 14.9. The van der Waals surface area contributed by atoms with Crippen LogP contribution in [0.3, 0.4) is 0 Å². The molecule has 0 radical (unpaired) electrons. The highest BCUT2D eigenvalue weighted by atomic mass is 35.5. The van der Waals surface area contributed by atoms with Gasteiger partial charge in [0.2, 0.25) is 0 Å². The lowest BCUT2D eigenvalue weighted by atomic mass is 9.86. The Hall–Kier alpha value is -2.35. The van der Waals surface area contributed by atoms with Gasteiger partial charge in [0.1, 0.15) is 11.5 Å². The number of ether oxygens (including phenoxy) is 2. The average Bonchev–Trinajstić information content (AvgIpc) is 3.33. The molecule has 2 fully saturated rings. The fourth-order valence-electron chi connectivity index (χ4n) is 4.69. The molecule has 0 saturated carbocycles. The molecule has 2 aliphatic rings. The lowest BCUT2D eigenvalue weighted by Crippen LogP contribution is -2.32. The molecule has 32 heavy (non-hydrogen) atoms. The van der Waals surface area contributed by atoms with Crippen LogP contribution in [0.5, 0.6) is 0 Å². The normalized spacial score (nSPS) is 23.7. The van der Waals surface area contributed by atoms with Crippen molar-refractivity contribution >= 4 is 17.2 Å². The molecular formula is C24H25ClFN3O3. The number of hydrogen-bond acceptors (Lipinski definition) is 5. The third-order valence-corrected chi connectivity index (χ3v) is 6.94. The highest BCUT2D eigenvalue weighted by Crippen LogP contribution is 2.36. The molecule has 5 rings (SSSR count). The summed E-state index contributed by atoms with van der Waals surface area (Å²) in [6.07, 6.45) is 4.44. The summed E-state index contributed by atoms with van der Waals surface area (Å²) < 4.78 is 28.0. The molecule has 2 aliphatic heterocycles. The molecule has 1 aromatic carbocycles. The van der Waals surface area contributed by atoms with Crippen molar-refractivity contribution in [3.63, 3.8) is 0 Å². The fourth-order valence-corrected chi connectivity index (χ4v) is 4.84. The Bertz CT molecular complexity index is 1240. The van der Waals surface area contributed by atoms with Crippen molar-refractivity contribution in [3.05, 3.63) is 62.5 Å². The number of hydrogen-bond donors (Lipinski definition) is 0. The lowest BCUT2D eigenvalue weighted by molar-refractivity contribution is -0.0311. The maximum atomic E-state index is 14.9. The molecule has 168 valence electrons. The third-order valence-electron chi connectivity index (χ3n) is 6.71. The summed E-state index contributed by atoms with van der Waals surface area (Å²) >= 11 is 5.97. The zero-order chi connectivity index (χ0) is 22.4. The largest absolute Gasteiger partial charge is 0.381 e. The van der Waals surface area contributed by atoms with Crippen LogP contribution in [0.2, 0.25) is 5.02 Å². The van der Waals surface area contributed by atoms with Gasteiger partial charge in [0, 0.05) is 53.1 Å². The Morgan fingerprint density at radius 1 is 1.19 bits per heavy atom. The van der Waals surface area contributed by atoms with Crippen LogP contribution < -0.4 is 5.56 Å². The molecule has 2 aromatic heterocycles. The Morgan fingerprint density at radius 3 is 2.78 bits per heavy atom. The second-order valence-electron chi connectivity index (χ2n) is 8.71. The fraction of sp³-hybridized carbons (Fsp3) is 0.458. The molecule has 0 aliphatic carbocycles. The molecule has 4 heterocycles. The number of benzene rings is 1. The molecule has 0 N–H and O–H groups in total. The molecular weight excluding hydrogens is 433 g/mol. The van der Waals surface area contributed by atoms with E-state index in [1.54, 1.807) is 32.2 Å². The summed E-state index contributed by atoms with van der Waals surface area (Å²) in [5.74, 6) is -0.0217. The minimum Gasteiger partial charge on any atom is -0.381 e. The standard InChI is InChI=1S/C24H25ClFN3O3/c1-13-14(2)27-23-22(18-4-3-17(25)10-19(18)26)28-20(11-29(23)24(13)30)15-6-8-32-21(9-15)16-5-7-31-12-16/h3-4,10-11,15-16,21H,5-9,12H2,1-2H3/t15-,16?,21+/m0/s1. The Labute approximate surface area is 190 Å². The molecule has 6 nitrogen and oxygen atoms in total. The Morgan fingerprint density at radius 2 is 2.03 bits per heavy atom. The summed E-state index contributed by atoms with van der Waals surface area (Å²) in [6, 6.07) is 4.47. The van der Waals surface area contributed by atoms with E-state index in [0.717, 1.165) is 31.6 Å². The predicted octanol–water partition coefficient (Wildman–Crippen LogP) is 4.46. The monoisotopic (exact) mass is 457 g/mol. The van der Waals surface area contributed by atoms with E-state index < -0.39 is 5.82 Å². The van der Waals surface area contributed by atoms with Crippen molar-refractivity contribution in [1.29, 1.82) is 0 Å². The van der Waals surface area contributed by atoms with Crippen molar-refractivity contribution < 1.29 is 13.9 Å². The van der Waals surface area contributed by atoms with Crippen molar-refractivity contribution in [3.8, 4) is 11.3 Å². The highest BCUT2D eigenvalue weighted by molar-refractivity contribution is 6.30. The van der Waals surface area contributed by atoms with Gasteiger partial charge >= 0.3 is 0 Å². The van der Waals surface area contributed by atoms with E-state index >= 15 is 0 Å². The Kier molecular flexibility index (Phi) is 5.73. The van der Waals surface area contributed by atoms with E-state index in [-0.39, 0.29) is 23.1 Å². The van der Waals surface area contributed by atoms with Crippen molar-refractivity contribution in [2.24, 2.45) is 5.92 Å². The molecule has 3 atom stereocenters. The number of aromatic nitrogens is 3. The predicted molar refractivity (Wildman–Crippen MR) is 120 cm³/mol. The average molecular weight is 458 g/mol. The summed E-state index contributed by atoms with van der Waals surface area (Å²) in [6.45, 7) is 5.63. The van der Waals surface area contributed by atoms with Crippen LogP contribution in [-0.4, -0.2) is 40.3 Å². The first kappa shape index (κ1) is 21.5. The minimum absolute atomic E-state index is 0.0964. The van der Waals surface area contributed by atoms with Crippen LogP contribution in [0, 0.1) is 25.6 Å². The number of halogens is 2. The van der Waals surface area contributed by atoms with Crippen LogP contribution in [0.4, 0.5) is 4.39 Å². The van der Waals surface area contributed by atoms with Crippen molar-refractivity contribution in [1.82, 2.24) is 14.4 Å². The first-order valence-corrected chi connectivity index (χ1v) is 11.4. The third kappa shape index (κ3) is 3.83. The number of nitrogens with zero attached hydrogens (tertiary/aromatic N) is 3. The first-order valence-electron chi connectivity index (χ1n) is 11.0. The molecule has 0 bridgehead atoms. The molecule has 0 spiro atoms. The number of aryl methyl sites for hydroxylation is 1. The van der Waals surface area contributed by atoms with Crippen molar-refractivity contribution in [2.45, 2.75) is 45.1 Å². The van der Waals surface area contributed by atoms with Gasteiger partial charge in [-0.05, 0) is 51.3 Å². The molecule has 3 aromatic rings. The van der Waals surface area contributed by atoms with Crippen LogP contribution in [0.25, 0.3) is 16.9 Å².